The van der Waals surface area contributed by atoms with Crippen molar-refractivity contribution in [3.05, 3.63) is 29.8 Å². The summed E-state index contributed by atoms with van der Waals surface area (Å²) in [5, 5.41) is 2.88. The predicted molar refractivity (Wildman–Crippen MR) is 61.9 cm³/mol. The van der Waals surface area contributed by atoms with E-state index in [2.05, 4.69) is 5.32 Å². The Hall–Kier alpha value is -1.39. The lowest BCUT2D eigenvalue weighted by molar-refractivity contribution is -0.119. The van der Waals surface area contributed by atoms with E-state index in [1.807, 2.05) is 24.3 Å². The van der Waals surface area contributed by atoms with Crippen LogP contribution in [0.25, 0.3) is 0 Å². The van der Waals surface area contributed by atoms with Gasteiger partial charge in [0.2, 0.25) is 5.91 Å². The van der Waals surface area contributed by atoms with Gasteiger partial charge in [-0.25, -0.2) is 0 Å². The molecule has 4 heteroatoms. The van der Waals surface area contributed by atoms with Crippen LogP contribution >= 0.6 is 0 Å². The first-order chi connectivity index (χ1) is 7.79. The van der Waals surface area contributed by atoms with Gasteiger partial charge in [-0.05, 0) is 24.1 Å². The van der Waals surface area contributed by atoms with Crippen molar-refractivity contribution in [2.24, 2.45) is 11.7 Å². The summed E-state index contributed by atoms with van der Waals surface area (Å²) in [5.41, 5.74) is 7.36. The average molecular weight is 220 g/mol. The van der Waals surface area contributed by atoms with Gasteiger partial charge in [0.1, 0.15) is 0 Å². The number of benzene rings is 1. The van der Waals surface area contributed by atoms with Crippen molar-refractivity contribution in [1.82, 2.24) is 0 Å². The van der Waals surface area contributed by atoms with Crippen molar-refractivity contribution in [3.8, 4) is 0 Å². The van der Waals surface area contributed by atoms with E-state index in [4.69, 9.17) is 10.5 Å². The molecule has 1 unspecified atom stereocenters. The zero-order valence-electron chi connectivity index (χ0n) is 9.11. The summed E-state index contributed by atoms with van der Waals surface area (Å²) in [5.74, 6) is 0.0215. The molecular formula is C12H16N2O2. The lowest BCUT2D eigenvalue weighted by Crippen LogP contribution is -2.22. The normalized spacial score (nSPS) is 19.7. The lowest BCUT2D eigenvalue weighted by Gasteiger charge is -2.10. The van der Waals surface area contributed by atoms with E-state index in [9.17, 15) is 4.79 Å². The first-order valence-electron chi connectivity index (χ1n) is 5.47. The van der Waals surface area contributed by atoms with Crippen LogP contribution in [-0.2, 0) is 16.1 Å². The Bertz CT molecular complexity index is 373. The van der Waals surface area contributed by atoms with Crippen LogP contribution in [-0.4, -0.2) is 19.1 Å². The molecule has 1 aromatic rings. The molecule has 3 N–H and O–H groups in total. The van der Waals surface area contributed by atoms with E-state index < -0.39 is 0 Å². The molecule has 86 valence electrons. The van der Waals surface area contributed by atoms with Crippen molar-refractivity contribution in [2.45, 2.75) is 13.0 Å². The molecule has 1 saturated heterocycles. The van der Waals surface area contributed by atoms with E-state index in [-0.39, 0.29) is 11.8 Å². The van der Waals surface area contributed by atoms with Gasteiger partial charge in [0.25, 0.3) is 0 Å². The molecule has 0 aromatic heterocycles. The minimum atomic E-state index is -0.0125. The van der Waals surface area contributed by atoms with Gasteiger partial charge in [0.05, 0.1) is 12.5 Å². The number of amides is 1. The lowest BCUT2D eigenvalue weighted by atomic mass is 10.1. The van der Waals surface area contributed by atoms with E-state index in [0.717, 1.165) is 17.7 Å². The average Bonchev–Trinajstić information content (AvgIpc) is 2.83. The van der Waals surface area contributed by atoms with Crippen LogP contribution in [0.2, 0.25) is 0 Å². The first kappa shape index (κ1) is 11.1. The van der Waals surface area contributed by atoms with Crippen LogP contribution in [0, 0.1) is 5.92 Å². The highest BCUT2D eigenvalue weighted by Gasteiger charge is 2.23. The second kappa shape index (κ2) is 5.09. The van der Waals surface area contributed by atoms with Gasteiger partial charge in [-0.15, -0.1) is 0 Å². The second-order valence-electron chi connectivity index (χ2n) is 3.95. The maximum absolute atomic E-state index is 11.8. The third kappa shape index (κ3) is 2.59. The number of rotatable bonds is 3. The molecule has 4 nitrogen and oxygen atoms in total. The Morgan fingerprint density at radius 1 is 1.56 bits per heavy atom. The largest absolute Gasteiger partial charge is 0.381 e. The van der Waals surface area contributed by atoms with E-state index >= 15 is 0 Å². The highest BCUT2D eigenvalue weighted by molar-refractivity contribution is 5.92. The summed E-state index contributed by atoms with van der Waals surface area (Å²) < 4.78 is 5.18. The van der Waals surface area contributed by atoms with Gasteiger partial charge >= 0.3 is 0 Å². The van der Waals surface area contributed by atoms with Gasteiger partial charge in [0, 0.05) is 18.8 Å². The fourth-order valence-corrected chi connectivity index (χ4v) is 1.76. The molecule has 1 atom stereocenters. The Morgan fingerprint density at radius 2 is 2.44 bits per heavy atom. The summed E-state index contributed by atoms with van der Waals surface area (Å²) in [6.45, 7) is 1.69. The molecule has 0 spiro atoms. The number of hydrogen-bond acceptors (Lipinski definition) is 3. The highest BCUT2D eigenvalue weighted by atomic mass is 16.5. The molecule has 0 bridgehead atoms. The maximum atomic E-state index is 11.8. The Labute approximate surface area is 94.8 Å². The predicted octanol–water partition coefficient (Wildman–Crippen LogP) is 1.12. The van der Waals surface area contributed by atoms with E-state index in [1.165, 1.54) is 0 Å². The van der Waals surface area contributed by atoms with Crippen molar-refractivity contribution < 1.29 is 9.53 Å². The summed E-state index contributed by atoms with van der Waals surface area (Å²) in [6, 6.07) is 7.60. The highest BCUT2D eigenvalue weighted by Crippen LogP contribution is 2.16. The first-order valence-corrected chi connectivity index (χ1v) is 5.47. The third-order valence-corrected chi connectivity index (χ3v) is 2.73. The molecule has 2 rings (SSSR count). The van der Waals surface area contributed by atoms with Gasteiger partial charge in [-0.3, -0.25) is 4.79 Å². The zero-order valence-corrected chi connectivity index (χ0v) is 9.11. The van der Waals surface area contributed by atoms with Crippen molar-refractivity contribution in [3.63, 3.8) is 0 Å². The number of nitrogens with one attached hydrogen (secondary N) is 1. The molecule has 16 heavy (non-hydrogen) atoms. The van der Waals surface area contributed by atoms with Crippen LogP contribution < -0.4 is 11.1 Å². The standard InChI is InChI=1S/C12H16N2O2/c13-7-9-2-1-3-11(6-9)14-12(15)10-4-5-16-8-10/h1-3,6,10H,4-5,7-8,13H2,(H,14,15). The van der Waals surface area contributed by atoms with Gasteiger partial charge in [-0.1, -0.05) is 12.1 Å². The SMILES string of the molecule is NCc1cccc(NC(=O)C2CCOC2)c1. The van der Waals surface area contributed by atoms with Gasteiger partial charge < -0.3 is 15.8 Å². The monoisotopic (exact) mass is 220 g/mol. The Kier molecular flexibility index (Phi) is 3.54. The summed E-state index contributed by atoms with van der Waals surface area (Å²) in [6.07, 6.45) is 0.808. The molecular weight excluding hydrogens is 204 g/mol. The smallest absolute Gasteiger partial charge is 0.229 e. The minimum Gasteiger partial charge on any atom is -0.381 e. The quantitative estimate of drug-likeness (QED) is 0.802. The molecule has 1 heterocycles. The number of nitrogens with two attached hydrogens (primary N) is 1. The van der Waals surface area contributed by atoms with Gasteiger partial charge in [-0.2, -0.15) is 0 Å². The number of carbonyl (C=O) groups excluding carboxylic acids is 1. The minimum absolute atomic E-state index is 0.0125. The van der Waals surface area contributed by atoms with Gasteiger partial charge in [0.15, 0.2) is 0 Å². The number of hydrogen-bond donors (Lipinski definition) is 2. The third-order valence-electron chi connectivity index (χ3n) is 2.73. The molecule has 1 aliphatic rings. The molecule has 1 aromatic carbocycles. The van der Waals surface area contributed by atoms with Crippen LogP contribution in [0.1, 0.15) is 12.0 Å². The molecule has 1 amide bonds. The molecule has 1 aliphatic heterocycles. The fraction of sp³-hybridized carbons (Fsp3) is 0.417. The van der Waals surface area contributed by atoms with Crippen molar-refractivity contribution in [2.75, 3.05) is 18.5 Å². The maximum Gasteiger partial charge on any atom is 0.229 e. The topological polar surface area (TPSA) is 64.3 Å². The summed E-state index contributed by atoms with van der Waals surface area (Å²) in [7, 11) is 0. The van der Waals surface area contributed by atoms with E-state index in [1.54, 1.807) is 0 Å². The van der Waals surface area contributed by atoms with Crippen LogP contribution in [0.4, 0.5) is 5.69 Å². The molecule has 0 saturated carbocycles. The van der Waals surface area contributed by atoms with Crippen LogP contribution in [0.3, 0.4) is 0 Å². The zero-order chi connectivity index (χ0) is 11.4. The molecule has 0 radical (unpaired) electrons. The summed E-state index contributed by atoms with van der Waals surface area (Å²) in [4.78, 5) is 11.8. The number of carbonyl (C=O) groups is 1. The molecule has 0 aliphatic carbocycles. The second-order valence-corrected chi connectivity index (χ2v) is 3.95. The summed E-state index contributed by atoms with van der Waals surface area (Å²) >= 11 is 0. The van der Waals surface area contributed by atoms with Crippen LogP contribution in [0.15, 0.2) is 24.3 Å². The Morgan fingerprint density at radius 3 is 3.12 bits per heavy atom. The van der Waals surface area contributed by atoms with Crippen molar-refractivity contribution in [1.29, 1.82) is 0 Å². The number of ether oxygens (including phenoxy) is 1. The number of anilines is 1. The Balaban J connectivity index is 1.99. The fourth-order valence-electron chi connectivity index (χ4n) is 1.76. The van der Waals surface area contributed by atoms with Crippen LogP contribution in [0.5, 0.6) is 0 Å². The van der Waals surface area contributed by atoms with Crippen molar-refractivity contribution >= 4 is 11.6 Å². The van der Waals surface area contributed by atoms with E-state index in [0.29, 0.717) is 19.8 Å². The molecule has 1 fully saturated rings.